The van der Waals surface area contributed by atoms with E-state index >= 15 is 0 Å². The Kier molecular flexibility index (Phi) is 6.82. The van der Waals surface area contributed by atoms with E-state index in [9.17, 15) is 4.79 Å². The van der Waals surface area contributed by atoms with E-state index in [1.54, 1.807) is 0 Å². The van der Waals surface area contributed by atoms with Crippen molar-refractivity contribution >= 4 is 27.6 Å². The predicted octanol–water partition coefficient (Wildman–Crippen LogP) is 5.14. The summed E-state index contributed by atoms with van der Waals surface area (Å²) < 4.78 is 5.94. The van der Waals surface area contributed by atoms with Gasteiger partial charge in [-0.05, 0) is 44.2 Å². The van der Waals surface area contributed by atoms with Crippen LogP contribution in [0.2, 0.25) is 0 Å². The first-order valence-corrected chi connectivity index (χ1v) is 9.20. The molecule has 23 heavy (non-hydrogen) atoms. The first-order valence-electron chi connectivity index (χ1n) is 8.41. The third-order valence-electron chi connectivity index (χ3n) is 4.81. The molecule has 1 aliphatic rings. The molecule has 2 unspecified atom stereocenters. The molecule has 1 aromatic carbocycles. The van der Waals surface area contributed by atoms with Gasteiger partial charge in [-0.2, -0.15) is 0 Å². The van der Waals surface area contributed by atoms with Gasteiger partial charge in [-0.15, -0.1) is 0 Å². The Balaban J connectivity index is 2.26. The SMILES string of the molecule is COC(=O)C(C(C)=NC(C)C1CCCCC1)c1ccccc1Br. The third kappa shape index (κ3) is 4.66. The van der Waals surface area contributed by atoms with Crippen molar-refractivity contribution in [3.8, 4) is 0 Å². The molecule has 1 saturated carbocycles. The minimum atomic E-state index is -0.443. The first-order chi connectivity index (χ1) is 11.0. The van der Waals surface area contributed by atoms with Gasteiger partial charge in [0.15, 0.2) is 0 Å². The molecule has 0 saturated heterocycles. The third-order valence-corrected chi connectivity index (χ3v) is 5.53. The molecule has 2 rings (SSSR count). The fourth-order valence-electron chi connectivity index (χ4n) is 3.47. The fourth-order valence-corrected chi connectivity index (χ4v) is 3.98. The van der Waals surface area contributed by atoms with Crippen molar-refractivity contribution in [1.29, 1.82) is 0 Å². The lowest BCUT2D eigenvalue weighted by atomic mass is 9.84. The summed E-state index contributed by atoms with van der Waals surface area (Å²) >= 11 is 3.54. The van der Waals surface area contributed by atoms with Gasteiger partial charge in [0.05, 0.1) is 7.11 Å². The molecule has 0 amide bonds. The summed E-state index contributed by atoms with van der Waals surface area (Å²) in [5.74, 6) is -0.0631. The maximum absolute atomic E-state index is 12.3. The molecule has 1 aliphatic carbocycles. The van der Waals surface area contributed by atoms with Crippen molar-refractivity contribution in [2.45, 2.75) is 57.9 Å². The standard InChI is InChI=1S/C19H26BrNO2/c1-13(15-9-5-4-6-10-15)21-14(2)18(19(22)23-3)16-11-7-8-12-17(16)20/h7-8,11-13,15,18H,4-6,9-10H2,1-3H3. The summed E-state index contributed by atoms with van der Waals surface area (Å²) in [7, 11) is 1.43. The molecule has 0 heterocycles. The number of hydrogen-bond acceptors (Lipinski definition) is 3. The Bertz CT molecular complexity index is 564. The average molecular weight is 380 g/mol. The molecule has 0 N–H and O–H groups in total. The molecule has 0 radical (unpaired) electrons. The Morgan fingerprint density at radius 1 is 1.26 bits per heavy atom. The second kappa shape index (κ2) is 8.62. The zero-order valence-corrected chi connectivity index (χ0v) is 15.8. The molecule has 2 atom stereocenters. The van der Waals surface area contributed by atoms with Crippen LogP contribution in [-0.4, -0.2) is 24.8 Å². The molecule has 0 spiro atoms. The van der Waals surface area contributed by atoms with Gasteiger partial charge in [0.1, 0.15) is 5.92 Å². The van der Waals surface area contributed by atoms with Crippen molar-refractivity contribution in [2.24, 2.45) is 10.9 Å². The van der Waals surface area contributed by atoms with Crippen LogP contribution >= 0.6 is 15.9 Å². The van der Waals surface area contributed by atoms with Gasteiger partial charge in [-0.25, -0.2) is 0 Å². The number of carbonyl (C=O) groups excluding carboxylic acids is 1. The van der Waals surface area contributed by atoms with Gasteiger partial charge >= 0.3 is 5.97 Å². The zero-order valence-electron chi connectivity index (χ0n) is 14.2. The number of benzene rings is 1. The van der Waals surface area contributed by atoms with Gasteiger partial charge < -0.3 is 4.74 Å². The molecule has 1 fully saturated rings. The molecule has 0 aromatic heterocycles. The quantitative estimate of drug-likeness (QED) is 0.524. The predicted molar refractivity (Wildman–Crippen MR) is 98.0 cm³/mol. The van der Waals surface area contributed by atoms with Crippen LogP contribution in [0.4, 0.5) is 0 Å². The Hall–Kier alpha value is -1.16. The summed E-state index contributed by atoms with van der Waals surface area (Å²) in [5, 5.41) is 0. The highest BCUT2D eigenvalue weighted by Crippen LogP contribution is 2.31. The summed E-state index contributed by atoms with van der Waals surface area (Å²) in [6, 6.07) is 8.04. The summed E-state index contributed by atoms with van der Waals surface area (Å²) in [5.41, 5.74) is 1.75. The van der Waals surface area contributed by atoms with Crippen LogP contribution < -0.4 is 0 Å². The van der Waals surface area contributed by atoms with E-state index in [2.05, 4.69) is 22.9 Å². The Morgan fingerprint density at radius 2 is 1.91 bits per heavy atom. The number of ether oxygens (including phenoxy) is 1. The molecule has 0 aliphatic heterocycles. The molecular weight excluding hydrogens is 354 g/mol. The topological polar surface area (TPSA) is 38.7 Å². The van der Waals surface area contributed by atoms with E-state index in [0.717, 1.165) is 15.7 Å². The fraction of sp³-hybridized carbons (Fsp3) is 0.579. The normalized spacial score (nSPS) is 19.2. The van der Waals surface area contributed by atoms with E-state index in [-0.39, 0.29) is 12.0 Å². The first kappa shape index (κ1) is 18.2. The van der Waals surface area contributed by atoms with Crippen molar-refractivity contribution in [2.75, 3.05) is 7.11 Å². The number of halogens is 1. The molecule has 126 valence electrons. The summed E-state index contributed by atoms with van der Waals surface area (Å²) in [6.45, 7) is 4.12. The lowest BCUT2D eigenvalue weighted by Crippen LogP contribution is -2.25. The lowest BCUT2D eigenvalue weighted by Gasteiger charge is -2.26. The number of aliphatic imine (C=N–C) groups is 1. The van der Waals surface area contributed by atoms with Crippen LogP contribution in [0.25, 0.3) is 0 Å². The Labute approximate surface area is 147 Å². The highest BCUT2D eigenvalue weighted by Gasteiger charge is 2.28. The van der Waals surface area contributed by atoms with Gasteiger partial charge in [0.25, 0.3) is 0 Å². The number of rotatable bonds is 5. The maximum atomic E-state index is 12.3. The van der Waals surface area contributed by atoms with Crippen LogP contribution in [0.1, 0.15) is 57.4 Å². The van der Waals surface area contributed by atoms with Crippen LogP contribution in [0.15, 0.2) is 33.7 Å². The number of nitrogens with zero attached hydrogens (tertiary/aromatic N) is 1. The number of hydrogen-bond donors (Lipinski definition) is 0. The smallest absolute Gasteiger partial charge is 0.318 e. The molecule has 0 bridgehead atoms. The molecule has 4 heteroatoms. The van der Waals surface area contributed by atoms with Gasteiger partial charge in [-0.3, -0.25) is 9.79 Å². The van der Waals surface area contributed by atoms with Gasteiger partial charge in [0, 0.05) is 16.2 Å². The molecule has 1 aromatic rings. The highest BCUT2D eigenvalue weighted by molar-refractivity contribution is 9.10. The van der Waals surface area contributed by atoms with Crippen molar-refractivity contribution in [3.05, 3.63) is 34.3 Å². The summed E-state index contributed by atoms with van der Waals surface area (Å²) in [6.07, 6.45) is 6.43. The van der Waals surface area contributed by atoms with E-state index < -0.39 is 5.92 Å². The minimum Gasteiger partial charge on any atom is -0.468 e. The highest BCUT2D eigenvalue weighted by atomic mass is 79.9. The number of methoxy groups -OCH3 is 1. The zero-order chi connectivity index (χ0) is 16.8. The van der Waals surface area contributed by atoms with E-state index in [1.165, 1.54) is 39.2 Å². The molecular formula is C19H26BrNO2. The second-order valence-corrected chi connectivity index (χ2v) is 7.24. The van der Waals surface area contributed by atoms with Crippen LogP contribution in [0.5, 0.6) is 0 Å². The number of carbonyl (C=O) groups is 1. The van der Waals surface area contributed by atoms with Crippen molar-refractivity contribution in [1.82, 2.24) is 0 Å². The second-order valence-electron chi connectivity index (χ2n) is 6.39. The monoisotopic (exact) mass is 379 g/mol. The summed E-state index contributed by atoms with van der Waals surface area (Å²) in [4.78, 5) is 17.2. The number of esters is 1. The minimum absolute atomic E-state index is 0.255. The largest absolute Gasteiger partial charge is 0.468 e. The van der Waals surface area contributed by atoms with E-state index in [0.29, 0.717) is 5.92 Å². The van der Waals surface area contributed by atoms with E-state index in [4.69, 9.17) is 9.73 Å². The Morgan fingerprint density at radius 3 is 2.52 bits per heavy atom. The molecule has 3 nitrogen and oxygen atoms in total. The van der Waals surface area contributed by atoms with Crippen LogP contribution in [-0.2, 0) is 9.53 Å². The lowest BCUT2D eigenvalue weighted by molar-refractivity contribution is -0.140. The van der Waals surface area contributed by atoms with Crippen LogP contribution in [0.3, 0.4) is 0 Å². The maximum Gasteiger partial charge on any atom is 0.318 e. The van der Waals surface area contributed by atoms with E-state index in [1.807, 2.05) is 31.2 Å². The van der Waals surface area contributed by atoms with Gasteiger partial charge in [0.2, 0.25) is 0 Å². The van der Waals surface area contributed by atoms with Crippen molar-refractivity contribution in [3.63, 3.8) is 0 Å². The van der Waals surface area contributed by atoms with Gasteiger partial charge in [-0.1, -0.05) is 53.4 Å². The van der Waals surface area contributed by atoms with Crippen LogP contribution in [0, 0.1) is 5.92 Å². The average Bonchev–Trinajstić information content (AvgIpc) is 2.57. The van der Waals surface area contributed by atoms with Crippen molar-refractivity contribution < 1.29 is 9.53 Å².